The topological polar surface area (TPSA) is 30.9 Å². The molecular weight excluding hydrogens is 431 g/mol. The van der Waals surface area contributed by atoms with E-state index in [1.165, 1.54) is 37.1 Å². The Bertz CT molecular complexity index is 525. The zero-order chi connectivity index (χ0) is 16.3. The van der Waals surface area contributed by atoms with Crippen LogP contribution in [0.25, 0.3) is 0 Å². The number of halogens is 1. The van der Waals surface area contributed by atoms with Crippen LogP contribution in [-0.2, 0) is 0 Å². The lowest BCUT2D eigenvalue weighted by Crippen LogP contribution is -2.43. The van der Waals surface area contributed by atoms with E-state index in [1.54, 1.807) is 0 Å². The Morgan fingerprint density at radius 2 is 2.21 bits per heavy atom. The average Bonchev–Trinajstić information content (AvgIpc) is 3.15. The zero-order valence-electron chi connectivity index (χ0n) is 15.1. The summed E-state index contributed by atoms with van der Waals surface area (Å²) in [5.74, 6) is 1.11. The van der Waals surface area contributed by atoms with Crippen LogP contribution in [0.5, 0.6) is 0 Å². The van der Waals surface area contributed by atoms with Crippen molar-refractivity contribution in [3.05, 3.63) is 22.4 Å². The number of likely N-dealkylation sites (tertiary alicyclic amines) is 1. The Morgan fingerprint density at radius 3 is 2.71 bits per heavy atom. The molecule has 24 heavy (non-hydrogen) atoms. The van der Waals surface area contributed by atoms with Crippen molar-refractivity contribution in [1.82, 2.24) is 15.1 Å². The molecule has 0 radical (unpaired) electrons. The number of rotatable bonds is 5. The molecule has 0 bridgehead atoms. The van der Waals surface area contributed by atoms with Crippen LogP contribution in [0.3, 0.4) is 0 Å². The van der Waals surface area contributed by atoms with E-state index in [9.17, 15) is 0 Å². The smallest absolute Gasteiger partial charge is 0.194 e. The van der Waals surface area contributed by atoms with E-state index in [4.69, 9.17) is 4.99 Å². The number of thiophene rings is 1. The lowest BCUT2D eigenvalue weighted by molar-refractivity contribution is 0.151. The molecule has 1 spiro atoms. The lowest BCUT2D eigenvalue weighted by Gasteiger charge is -2.38. The van der Waals surface area contributed by atoms with Gasteiger partial charge in [-0.3, -0.25) is 4.99 Å². The molecule has 3 rings (SSSR count). The van der Waals surface area contributed by atoms with E-state index in [2.05, 4.69) is 53.6 Å². The molecular formula is C18H31IN4S. The summed E-state index contributed by atoms with van der Waals surface area (Å²) in [6, 6.07) is 4.72. The SMILES string of the molecule is CCNC(=NCC(c1cccs1)N(C)C)N1CCC2(CCC2)C1.I. The molecule has 1 saturated heterocycles. The second-order valence-electron chi connectivity index (χ2n) is 7.21. The molecule has 1 aliphatic carbocycles. The van der Waals surface area contributed by atoms with Gasteiger partial charge < -0.3 is 15.1 Å². The molecule has 1 unspecified atom stereocenters. The molecule has 4 nitrogen and oxygen atoms in total. The third-order valence-corrected chi connectivity index (χ3v) is 6.37. The molecule has 6 heteroatoms. The normalized spacial score (nSPS) is 20.8. The van der Waals surface area contributed by atoms with Crippen molar-refractivity contribution >= 4 is 41.3 Å². The molecule has 1 aliphatic heterocycles. The van der Waals surface area contributed by atoms with E-state index in [1.807, 2.05) is 11.3 Å². The number of nitrogens with one attached hydrogen (secondary N) is 1. The summed E-state index contributed by atoms with van der Waals surface area (Å²) in [5.41, 5.74) is 0.616. The Morgan fingerprint density at radius 1 is 1.42 bits per heavy atom. The highest BCUT2D eigenvalue weighted by molar-refractivity contribution is 14.0. The Balaban J connectivity index is 0.00000208. The van der Waals surface area contributed by atoms with Gasteiger partial charge in [-0.25, -0.2) is 0 Å². The second kappa shape index (κ2) is 8.85. The minimum atomic E-state index is 0. The summed E-state index contributed by atoms with van der Waals surface area (Å²) in [7, 11) is 4.29. The van der Waals surface area contributed by atoms with Crippen LogP contribution >= 0.6 is 35.3 Å². The molecule has 1 N–H and O–H groups in total. The summed E-state index contributed by atoms with van der Waals surface area (Å²) in [4.78, 5) is 11.2. The van der Waals surface area contributed by atoms with E-state index in [0.29, 0.717) is 11.5 Å². The van der Waals surface area contributed by atoms with E-state index < -0.39 is 0 Å². The zero-order valence-corrected chi connectivity index (χ0v) is 18.3. The van der Waals surface area contributed by atoms with Crippen LogP contribution in [0.1, 0.15) is 43.5 Å². The van der Waals surface area contributed by atoms with Crippen LogP contribution < -0.4 is 5.32 Å². The summed E-state index contributed by atoms with van der Waals surface area (Å²) in [6.45, 7) is 6.28. The molecule has 2 fully saturated rings. The fraction of sp³-hybridized carbons (Fsp3) is 0.722. The fourth-order valence-corrected chi connectivity index (χ4v) is 4.70. The van der Waals surface area contributed by atoms with Crippen LogP contribution in [0, 0.1) is 5.41 Å². The van der Waals surface area contributed by atoms with E-state index >= 15 is 0 Å². The van der Waals surface area contributed by atoms with Crippen molar-refractivity contribution in [1.29, 1.82) is 0 Å². The highest BCUT2D eigenvalue weighted by atomic mass is 127. The van der Waals surface area contributed by atoms with E-state index in [0.717, 1.165) is 25.6 Å². The number of hydrogen-bond acceptors (Lipinski definition) is 3. The number of hydrogen-bond donors (Lipinski definition) is 1. The van der Waals surface area contributed by atoms with Crippen LogP contribution in [-0.4, -0.2) is 56.0 Å². The fourth-order valence-electron chi connectivity index (χ4n) is 3.79. The number of guanidine groups is 1. The van der Waals surface area contributed by atoms with Crippen molar-refractivity contribution in [2.45, 2.75) is 38.6 Å². The largest absolute Gasteiger partial charge is 0.357 e. The van der Waals surface area contributed by atoms with Gasteiger partial charge in [0.25, 0.3) is 0 Å². The van der Waals surface area contributed by atoms with Gasteiger partial charge in [-0.15, -0.1) is 35.3 Å². The molecule has 136 valence electrons. The van der Waals surface area contributed by atoms with Crippen LogP contribution in [0.2, 0.25) is 0 Å². The second-order valence-corrected chi connectivity index (χ2v) is 8.19. The number of likely N-dealkylation sites (N-methyl/N-ethyl adjacent to an activating group) is 1. The van der Waals surface area contributed by atoms with Crippen molar-refractivity contribution < 1.29 is 0 Å². The van der Waals surface area contributed by atoms with Crippen molar-refractivity contribution in [3.8, 4) is 0 Å². The lowest BCUT2D eigenvalue weighted by atomic mass is 9.68. The predicted octanol–water partition coefficient (Wildman–Crippen LogP) is 3.81. The van der Waals surface area contributed by atoms with Gasteiger partial charge in [0.1, 0.15) is 0 Å². The maximum Gasteiger partial charge on any atom is 0.194 e. The predicted molar refractivity (Wildman–Crippen MR) is 115 cm³/mol. The summed E-state index contributed by atoms with van der Waals surface area (Å²) in [5, 5.41) is 5.67. The van der Waals surface area contributed by atoms with Crippen LogP contribution in [0.4, 0.5) is 0 Å². The monoisotopic (exact) mass is 462 g/mol. The van der Waals surface area contributed by atoms with Crippen molar-refractivity contribution in [2.75, 3.05) is 40.3 Å². The van der Waals surface area contributed by atoms with Gasteiger partial charge in [-0.2, -0.15) is 0 Å². The highest BCUT2D eigenvalue weighted by Gasteiger charge is 2.43. The van der Waals surface area contributed by atoms with Gasteiger partial charge in [0, 0.05) is 24.5 Å². The average molecular weight is 462 g/mol. The third kappa shape index (κ3) is 4.43. The molecule has 2 aliphatic rings. The van der Waals surface area contributed by atoms with Crippen molar-refractivity contribution in [2.24, 2.45) is 10.4 Å². The van der Waals surface area contributed by atoms with Gasteiger partial charge >= 0.3 is 0 Å². The molecule has 1 aromatic rings. The first-order valence-electron chi connectivity index (χ1n) is 8.87. The molecule has 0 aromatic carbocycles. The van der Waals surface area contributed by atoms with Crippen LogP contribution in [0.15, 0.2) is 22.5 Å². The summed E-state index contributed by atoms with van der Waals surface area (Å²) < 4.78 is 0. The first-order chi connectivity index (χ1) is 11.1. The quantitative estimate of drug-likeness (QED) is 0.410. The van der Waals surface area contributed by atoms with Gasteiger partial charge in [0.15, 0.2) is 5.96 Å². The standard InChI is InChI=1S/C18H30N4S.HI/c1-4-19-17(22-11-10-18(14-22)8-6-9-18)20-13-15(21(2)3)16-7-5-12-23-16;/h5,7,12,15H,4,6,8-11,13-14H2,1-3H3,(H,19,20);1H. The Hall–Kier alpha value is -0.340. The number of aliphatic imine (C=N–C) groups is 1. The van der Waals surface area contributed by atoms with Gasteiger partial charge in [-0.05, 0) is 57.1 Å². The van der Waals surface area contributed by atoms with Crippen molar-refractivity contribution in [3.63, 3.8) is 0 Å². The maximum atomic E-state index is 4.99. The molecule has 0 amide bonds. The Labute approximate surface area is 167 Å². The number of nitrogens with zero attached hydrogens (tertiary/aromatic N) is 3. The minimum Gasteiger partial charge on any atom is -0.357 e. The summed E-state index contributed by atoms with van der Waals surface area (Å²) >= 11 is 1.82. The van der Waals surface area contributed by atoms with Gasteiger partial charge in [0.2, 0.25) is 0 Å². The van der Waals surface area contributed by atoms with Gasteiger partial charge in [-0.1, -0.05) is 12.5 Å². The van der Waals surface area contributed by atoms with Gasteiger partial charge in [0.05, 0.1) is 12.6 Å². The molecule has 1 saturated carbocycles. The van der Waals surface area contributed by atoms with E-state index in [-0.39, 0.29) is 24.0 Å². The molecule has 2 heterocycles. The minimum absolute atomic E-state index is 0. The first kappa shape index (κ1) is 20.0. The molecule has 1 aromatic heterocycles. The summed E-state index contributed by atoms with van der Waals surface area (Å²) in [6.07, 6.45) is 5.60. The molecule has 1 atom stereocenters. The first-order valence-corrected chi connectivity index (χ1v) is 9.75. The third-order valence-electron chi connectivity index (χ3n) is 5.40. The highest BCUT2D eigenvalue weighted by Crippen LogP contribution is 2.47. The maximum absolute atomic E-state index is 4.99. The Kier molecular flexibility index (Phi) is 7.37.